The minimum atomic E-state index is 0.456. The molecule has 0 radical (unpaired) electrons. The molecule has 1 N–H and O–H groups in total. The molecule has 1 saturated carbocycles. The topological polar surface area (TPSA) is 21.3 Å². The summed E-state index contributed by atoms with van der Waals surface area (Å²) in [6.45, 7) is 0. The molecule has 0 aromatic heterocycles. The molecule has 2 rings (SSSR count). The molecule has 0 heterocycles. The van der Waals surface area contributed by atoms with Gasteiger partial charge in [0.15, 0.2) is 0 Å². The number of halogens is 1. The smallest absolute Gasteiger partial charge is 0.0572 e. The molecule has 1 aliphatic carbocycles. The number of rotatable bonds is 3. The van der Waals surface area contributed by atoms with E-state index < -0.39 is 0 Å². The lowest BCUT2D eigenvalue weighted by atomic mass is 9.93. The van der Waals surface area contributed by atoms with Crippen molar-refractivity contribution in [2.24, 2.45) is 0 Å². The third-order valence-corrected chi connectivity index (χ3v) is 3.44. The molecule has 2 nitrogen and oxygen atoms in total. The summed E-state index contributed by atoms with van der Waals surface area (Å²) >= 11 is 5.95. The Labute approximate surface area is 102 Å². The van der Waals surface area contributed by atoms with E-state index in [2.05, 4.69) is 11.4 Å². The van der Waals surface area contributed by atoms with Gasteiger partial charge in [0.2, 0.25) is 0 Å². The standard InChI is InChI=1S/C13H18ClNO/c1-16-13-7-5-11(6-8-13)15-12-4-2-3-10(14)9-12/h2-4,9,11,13,15H,5-8H2,1H3. The van der Waals surface area contributed by atoms with Gasteiger partial charge in [-0.25, -0.2) is 0 Å². The lowest BCUT2D eigenvalue weighted by Gasteiger charge is -2.28. The average Bonchev–Trinajstić information content (AvgIpc) is 2.30. The second-order valence-corrected chi connectivity index (χ2v) is 4.80. The molecule has 0 amide bonds. The number of benzene rings is 1. The minimum absolute atomic E-state index is 0.456. The van der Waals surface area contributed by atoms with Crippen molar-refractivity contribution in [2.75, 3.05) is 12.4 Å². The first-order chi connectivity index (χ1) is 7.78. The number of methoxy groups -OCH3 is 1. The molecule has 0 unspecified atom stereocenters. The summed E-state index contributed by atoms with van der Waals surface area (Å²) < 4.78 is 5.36. The third kappa shape index (κ3) is 3.13. The first-order valence-electron chi connectivity index (χ1n) is 5.83. The fourth-order valence-corrected chi connectivity index (χ4v) is 2.45. The van der Waals surface area contributed by atoms with Crippen molar-refractivity contribution in [1.29, 1.82) is 0 Å². The van der Waals surface area contributed by atoms with Crippen LogP contribution in [-0.2, 0) is 4.74 Å². The van der Waals surface area contributed by atoms with E-state index in [4.69, 9.17) is 16.3 Å². The number of nitrogens with one attached hydrogen (secondary N) is 1. The molecule has 16 heavy (non-hydrogen) atoms. The molecule has 88 valence electrons. The molecule has 0 bridgehead atoms. The van der Waals surface area contributed by atoms with E-state index >= 15 is 0 Å². The van der Waals surface area contributed by atoms with Crippen molar-refractivity contribution in [3.8, 4) is 0 Å². The predicted octanol–water partition coefficient (Wildman–Crippen LogP) is 3.71. The summed E-state index contributed by atoms with van der Waals surface area (Å²) in [7, 11) is 1.80. The van der Waals surface area contributed by atoms with E-state index in [1.807, 2.05) is 18.2 Å². The summed E-state index contributed by atoms with van der Waals surface area (Å²) in [5.74, 6) is 0. The van der Waals surface area contributed by atoms with Crippen LogP contribution in [0.5, 0.6) is 0 Å². The fraction of sp³-hybridized carbons (Fsp3) is 0.538. The van der Waals surface area contributed by atoms with Gasteiger partial charge in [0.1, 0.15) is 0 Å². The molecule has 0 atom stereocenters. The molecule has 1 aromatic carbocycles. The zero-order valence-corrected chi connectivity index (χ0v) is 10.3. The van der Waals surface area contributed by atoms with E-state index in [0.717, 1.165) is 23.6 Å². The zero-order valence-electron chi connectivity index (χ0n) is 9.58. The molecule has 0 spiro atoms. The van der Waals surface area contributed by atoms with Gasteiger partial charge in [-0.15, -0.1) is 0 Å². The van der Waals surface area contributed by atoms with Gasteiger partial charge in [-0.2, -0.15) is 0 Å². The van der Waals surface area contributed by atoms with Crippen LogP contribution in [-0.4, -0.2) is 19.3 Å². The highest BCUT2D eigenvalue weighted by atomic mass is 35.5. The molecule has 1 aliphatic rings. The van der Waals surface area contributed by atoms with Crippen LogP contribution in [0.3, 0.4) is 0 Å². The molecule has 0 aliphatic heterocycles. The summed E-state index contributed by atoms with van der Waals surface area (Å²) in [4.78, 5) is 0. The fourth-order valence-electron chi connectivity index (χ4n) is 2.26. The predicted molar refractivity (Wildman–Crippen MR) is 68.1 cm³/mol. The van der Waals surface area contributed by atoms with Crippen LogP contribution < -0.4 is 5.32 Å². The van der Waals surface area contributed by atoms with Gasteiger partial charge in [0.25, 0.3) is 0 Å². The second kappa shape index (κ2) is 5.55. The van der Waals surface area contributed by atoms with Gasteiger partial charge in [-0.1, -0.05) is 17.7 Å². The largest absolute Gasteiger partial charge is 0.382 e. The van der Waals surface area contributed by atoms with Gasteiger partial charge in [0, 0.05) is 23.9 Å². The Bertz CT molecular complexity index is 334. The van der Waals surface area contributed by atoms with Crippen molar-refractivity contribution in [2.45, 2.75) is 37.8 Å². The van der Waals surface area contributed by atoms with Gasteiger partial charge < -0.3 is 10.1 Å². The number of hydrogen-bond acceptors (Lipinski definition) is 2. The van der Waals surface area contributed by atoms with Crippen molar-refractivity contribution in [3.63, 3.8) is 0 Å². The van der Waals surface area contributed by atoms with E-state index in [1.54, 1.807) is 7.11 Å². The SMILES string of the molecule is COC1CCC(Nc2cccc(Cl)c2)CC1. The highest BCUT2D eigenvalue weighted by molar-refractivity contribution is 6.30. The van der Waals surface area contributed by atoms with Crippen molar-refractivity contribution < 1.29 is 4.74 Å². The van der Waals surface area contributed by atoms with Gasteiger partial charge in [0.05, 0.1) is 6.10 Å². The molecular formula is C13H18ClNO. The van der Waals surface area contributed by atoms with E-state index in [0.29, 0.717) is 12.1 Å². The second-order valence-electron chi connectivity index (χ2n) is 4.36. The van der Waals surface area contributed by atoms with Crippen LogP contribution in [0, 0.1) is 0 Å². The van der Waals surface area contributed by atoms with Crippen LogP contribution >= 0.6 is 11.6 Å². The minimum Gasteiger partial charge on any atom is -0.382 e. The van der Waals surface area contributed by atoms with Crippen LogP contribution in [0.2, 0.25) is 5.02 Å². The summed E-state index contributed by atoms with van der Waals surface area (Å²) in [6.07, 6.45) is 5.09. The number of anilines is 1. The van der Waals surface area contributed by atoms with Crippen LogP contribution in [0.25, 0.3) is 0 Å². The molecule has 1 aromatic rings. The third-order valence-electron chi connectivity index (χ3n) is 3.20. The quantitative estimate of drug-likeness (QED) is 0.868. The number of ether oxygens (including phenoxy) is 1. The Balaban J connectivity index is 1.87. The lowest BCUT2D eigenvalue weighted by Crippen LogP contribution is -2.29. The van der Waals surface area contributed by atoms with Gasteiger partial charge in [-0.3, -0.25) is 0 Å². The highest BCUT2D eigenvalue weighted by Crippen LogP contribution is 2.24. The van der Waals surface area contributed by atoms with Gasteiger partial charge in [-0.05, 0) is 43.9 Å². The van der Waals surface area contributed by atoms with Crippen molar-refractivity contribution in [3.05, 3.63) is 29.3 Å². The first kappa shape index (κ1) is 11.7. The monoisotopic (exact) mass is 239 g/mol. The van der Waals surface area contributed by atoms with E-state index in [-0.39, 0.29) is 0 Å². The van der Waals surface area contributed by atoms with Crippen molar-refractivity contribution >= 4 is 17.3 Å². The number of hydrogen-bond donors (Lipinski definition) is 1. The Hall–Kier alpha value is -0.730. The van der Waals surface area contributed by atoms with Crippen molar-refractivity contribution in [1.82, 2.24) is 0 Å². The van der Waals surface area contributed by atoms with Crippen LogP contribution in [0.1, 0.15) is 25.7 Å². The maximum Gasteiger partial charge on any atom is 0.0572 e. The van der Waals surface area contributed by atoms with Gasteiger partial charge >= 0.3 is 0 Å². The molecule has 3 heteroatoms. The molecular weight excluding hydrogens is 222 g/mol. The summed E-state index contributed by atoms with van der Waals surface area (Å²) in [5.41, 5.74) is 1.12. The maximum atomic E-state index is 5.95. The van der Waals surface area contributed by atoms with E-state index in [9.17, 15) is 0 Å². The Morgan fingerprint density at radius 2 is 2.00 bits per heavy atom. The molecule has 0 saturated heterocycles. The Morgan fingerprint density at radius 3 is 2.62 bits per heavy atom. The lowest BCUT2D eigenvalue weighted by molar-refractivity contribution is 0.0682. The van der Waals surface area contributed by atoms with E-state index in [1.165, 1.54) is 12.8 Å². The zero-order chi connectivity index (χ0) is 11.4. The molecule has 1 fully saturated rings. The Kier molecular flexibility index (Phi) is 4.08. The normalized spacial score (nSPS) is 25.4. The van der Waals surface area contributed by atoms with Crippen LogP contribution in [0.4, 0.5) is 5.69 Å². The summed E-state index contributed by atoms with van der Waals surface area (Å²) in [6, 6.07) is 8.48. The first-order valence-corrected chi connectivity index (χ1v) is 6.20. The highest BCUT2D eigenvalue weighted by Gasteiger charge is 2.20. The maximum absolute atomic E-state index is 5.95. The van der Waals surface area contributed by atoms with Crippen LogP contribution in [0.15, 0.2) is 24.3 Å². The Morgan fingerprint density at radius 1 is 1.25 bits per heavy atom. The summed E-state index contributed by atoms with van der Waals surface area (Å²) in [5, 5.41) is 4.31. The average molecular weight is 240 g/mol.